The highest BCUT2D eigenvalue weighted by Gasteiger charge is 2.15. The molecule has 3 nitrogen and oxygen atoms in total. The fourth-order valence-electron chi connectivity index (χ4n) is 1.48. The first kappa shape index (κ1) is 14.2. The van der Waals surface area contributed by atoms with E-state index in [1.165, 1.54) is 4.88 Å². The first-order valence-corrected chi connectivity index (χ1v) is 6.92. The smallest absolute Gasteiger partial charge is 0.220 e. The monoisotopic (exact) mass is 254 g/mol. The zero-order valence-corrected chi connectivity index (χ0v) is 12.0. The van der Waals surface area contributed by atoms with Crippen LogP contribution in [0.1, 0.15) is 44.0 Å². The van der Waals surface area contributed by atoms with E-state index in [4.69, 9.17) is 0 Å². The second-order valence-electron chi connectivity index (χ2n) is 5.41. The maximum absolute atomic E-state index is 11.6. The Morgan fingerprint density at radius 2 is 2.18 bits per heavy atom. The van der Waals surface area contributed by atoms with Gasteiger partial charge in [-0.2, -0.15) is 0 Å². The number of nitrogens with one attached hydrogen (secondary N) is 1. The molecule has 1 aromatic rings. The van der Waals surface area contributed by atoms with Crippen molar-refractivity contribution in [1.29, 1.82) is 0 Å². The van der Waals surface area contributed by atoms with Crippen LogP contribution in [0.15, 0.2) is 6.20 Å². The van der Waals surface area contributed by atoms with Crippen LogP contribution in [0, 0.1) is 5.41 Å². The quantitative estimate of drug-likeness (QED) is 0.878. The summed E-state index contributed by atoms with van der Waals surface area (Å²) in [7, 11) is 0. The van der Waals surface area contributed by atoms with Crippen molar-refractivity contribution in [2.24, 2.45) is 5.41 Å². The summed E-state index contributed by atoms with van der Waals surface area (Å²) in [5.74, 6) is 0.129. The van der Waals surface area contributed by atoms with Crippen LogP contribution in [0.3, 0.4) is 0 Å². The van der Waals surface area contributed by atoms with E-state index in [9.17, 15) is 4.79 Å². The number of rotatable bonds is 5. The van der Waals surface area contributed by atoms with E-state index in [2.05, 4.69) is 38.0 Å². The molecule has 1 N–H and O–H groups in total. The van der Waals surface area contributed by atoms with Crippen molar-refractivity contribution < 1.29 is 4.79 Å². The normalized spacial score (nSPS) is 11.5. The van der Waals surface area contributed by atoms with Gasteiger partial charge in [0.2, 0.25) is 5.91 Å². The fourth-order valence-corrected chi connectivity index (χ4v) is 2.34. The predicted molar refractivity (Wildman–Crippen MR) is 72.3 cm³/mol. The third kappa shape index (κ3) is 5.82. The standard InChI is InChI=1S/C13H22N2OS/c1-5-10-9-15-12(17-10)6-7-14-11(16)8-13(2,3)4/h9H,5-8H2,1-4H3,(H,14,16). The van der Waals surface area contributed by atoms with E-state index in [-0.39, 0.29) is 11.3 Å². The van der Waals surface area contributed by atoms with Gasteiger partial charge in [0.15, 0.2) is 0 Å². The summed E-state index contributed by atoms with van der Waals surface area (Å²) in [6.45, 7) is 9.02. The van der Waals surface area contributed by atoms with Crippen molar-refractivity contribution in [2.45, 2.75) is 47.0 Å². The molecule has 0 radical (unpaired) electrons. The van der Waals surface area contributed by atoms with E-state index in [0.29, 0.717) is 13.0 Å². The molecular weight excluding hydrogens is 232 g/mol. The Morgan fingerprint density at radius 1 is 1.47 bits per heavy atom. The van der Waals surface area contributed by atoms with Crippen molar-refractivity contribution in [2.75, 3.05) is 6.54 Å². The lowest BCUT2D eigenvalue weighted by atomic mass is 9.92. The second-order valence-corrected chi connectivity index (χ2v) is 6.61. The summed E-state index contributed by atoms with van der Waals surface area (Å²) in [4.78, 5) is 17.2. The molecule has 1 aromatic heterocycles. The molecule has 4 heteroatoms. The van der Waals surface area contributed by atoms with Crippen LogP contribution >= 0.6 is 11.3 Å². The summed E-state index contributed by atoms with van der Waals surface area (Å²) in [6.07, 6.45) is 4.37. The molecule has 0 aliphatic heterocycles. The Kier molecular flexibility index (Phi) is 5.12. The molecule has 0 fully saturated rings. The number of aryl methyl sites for hydroxylation is 1. The molecule has 0 spiro atoms. The minimum Gasteiger partial charge on any atom is -0.356 e. The number of aromatic nitrogens is 1. The van der Waals surface area contributed by atoms with E-state index in [0.717, 1.165) is 17.8 Å². The Balaban J connectivity index is 2.26. The van der Waals surface area contributed by atoms with Gasteiger partial charge in [0.05, 0.1) is 5.01 Å². The van der Waals surface area contributed by atoms with Gasteiger partial charge < -0.3 is 5.32 Å². The molecule has 1 amide bonds. The van der Waals surface area contributed by atoms with Gasteiger partial charge in [-0.1, -0.05) is 27.7 Å². The molecule has 0 saturated carbocycles. The number of carbonyl (C=O) groups excluding carboxylic acids is 1. The summed E-state index contributed by atoms with van der Waals surface area (Å²) in [6, 6.07) is 0. The lowest BCUT2D eigenvalue weighted by Crippen LogP contribution is -2.29. The molecule has 1 heterocycles. The Labute approximate surface area is 108 Å². The van der Waals surface area contributed by atoms with Crippen LogP contribution in [-0.2, 0) is 17.6 Å². The molecular formula is C13H22N2OS. The number of nitrogens with zero attached hydrogens (tertiary/aromatic N) is 1. The van der Waals surface area contributed by atoms with Crippen molar-refractivity contribution in [3.63, 3.8) is 0 Å². The highest BCUT2D eigenvalue weighted by molar-refractivity contribution is 7.11. The van der Waals surface area contributed by atoms with Crippen molar-refractivity contribution in [3.8, 4) is 0 Å². The van der Waals surface area contributed by atoms with E-state index < -0.39 is 0 Å². The highest BCUT2D eigenvalue weighted by atomic mass is 32.1. The lowest BCUT2D eigenvalue weighted by molar-refractivity contribution is -0.122. The van der Waals surface area contributed by atoms with Crippen molar-refractivity contribution in [3.05, 3.63) is 16.1 Å². The first-order chi connectivity index (χ1) is 7.90. The minimum absolute atomic E-state index is 0.0562. The van der Waals surface area contributed by atoms with Crippen LogP contribution in [0.2, 0.25) is 0 Å². The van der Waals surface area contributed by atoms with Crippen LogP contribution in [0.25, 0.3) is 0 Å². The number of hydrogen-bond acceptors (Lipinski definition) is 3. The predicted octanol–water partition coefficient (Wildman–Crippen LogP) is 2.80. The summed E-state index contributed by atoms with van der Waals surface area (Å²) in [5, 5.41) is 4.05. The maximum atomic E-state index is 11.6. The summed E-state index contributed by atoms with van der Waals surface area (Å²) < 4.78 is 0. The molecule has 0 saturated heterocycles. The average molecular weight is 254 g/mol. The summed E-state index contributed by atoms with van der Waals surface area (Å²) in [5.41, 5.74) is 0.0562. The van der Waals surface area contributed by atoms with Crippen LogP contribution in [0.5, 0.6) is 0 Å². The summed E-state index contributed by atoms with van der Waals surface area (Å²) >= 11 is 1.74. The third-order valence-corrected chi connectivity index (χ3v) is 3.50. The molecule has 1 rings (SSSR count). The molecule has 0 aliphatic rings. The number of hydrogen-bond donors (Lipinski definition) is 1. The van der Waals surface area contributed by atoms with Gasteiger partial charge in [-0.25, -0.2) is 4.98 Å². The Hall–Kier alpha value is -0.900. The van der Waals surface area contributed by atoms with Crippen LogP contribution in [0.4, 0.5) is 0 Å². The zero-order chi connectivity index (χ0) is 12.9. The maximum Gasteiger partial charge on any atom is 0.220 e. The van der Waals surface area contributed by atoms with Gasteiger partial charge >= 0.3 is 0 Å². The van der Waals surface area contributed by atoms with Crippen LogP contribution in [-0.4, -0.2) is 17.4 Å². The molecule has 0 aromatic carbocycles. The molecule has 0 atom stereocenters. The fraction of sp³-hybridized carbons (Fsp3) is 0.692. The lowest BCUT2D eigenvalue weighted by Gasteiger charge is -2.16. The van der Waals surface area contributed by atoms with E-state index in [1.54, 1.807) is 11.3 Å². The Morgan fingerprint density at radius 3 is 2.71 bits per heavy atom. The molecule has 0 unspecified atom stereocenters. The van der Waals surface area contributed by atoms with Crippen molar-refractivity contribution in [1.82, 2.24) is 10.3 Å². The largest absolute Gasteiger partial charge is 0.356 e. The average Bonchev–Trinajstić information content (AvgIpc) is 2.63. The van der Waals surface area contributed by atoms with Gasteiger partial charge in [0.25, 0.3) is 0 Å². The molecule has 96 valence electrons. The van der Waals surface area contributed by atoms with Gasteiger partial charge in [-0.05, 0) is 11.8 Å². The van der Waals surface area contributed by atoms with Gasteiger partial charge in [-0.3, -0.25) is 4.79 Å². The molecule has 17 heavy (non-hydrogen) atoms. The van der Waals surface area contributed by atoms with Crippen LogP contribution < -0.4 is 5.32 Å². The first-order valence-electron chi connectivity index (χ1n) is 6.11. The number of carbonyl (C=O) groups is 1. The minimum atomic E-state index is 0.0562. The van der Waals surface area contributed by atoms with Gasteiger partial charge in [0, 0.05) is 30.5 Å². The highest BCUT2D eigenvalue weighted by Crippen LogP contribution is 2.18. The third-order valence-electron chi connectivity index (χ3n) is 2.30. The number of amides is 1. The van der Waals surface area contributed by atoms with Crippen molar-refractivity contribution >= 4 is 17.2 Å². The second kappa shape index (κ2) is 6.15. The van der Waals surface area contributed by atoms with E-state index >= 15 is 0 Å². The zero-order valence-electron chi connectivity index (χ0n) is 11.2. The molecule has 0 bridgehead atoms. The van der Waals surface area contributed by atoms with E-state index in [1.807, 2.05) is 6.20 Å². The Bertz CT molecular complexity index is 366. The topological polar surface area (TPSA) is 42.0 Å². The van der Waals surface area contributed by atoms with Gasteiger partial charge in [-0.15, -0.1) is 11.3 Å². The number of thiazole rings is 1. The SMILES string of the molecule is CCc1cnc(CCNC(=O)CC(C)(C)C)s1. The van der Waals surface area contributed by atoms with Gasteiger partial charge in [0.1, 0.15) is 0 Å². The molecule has 0 aliphatic carbocycles.